The number of nitrogens with one attached hydrogen (secondary N) is 3. The maximum Gasteiger partial charge on any atom is 0.344 e. The van der Waals surface area contributed by atoms with Gasteiger partial charge < -0.3 is 31.9 Å². The maximum absolute atomic E-state index is 11.3. The Morgan fingerprint density at radius 1 is 1.33 bits per heavy atom. The molecule has 1 atom stereocenters. The van der Waals surface area contributed by atoms with Gasteiger partial charge in [-0.15, -0.1) is 0 Å². The van der Waals surface area contributed by atoms with E-state index >= 15 is 0 Å². The molecule has 1 amide bonds. The van der Waals surface area contributed by atoms with E-state index in [2.05, 4.69) is 10.6 Å². The Kier molecular flexibility index (Phi) is 7.53. The van der Waals surface area contributed by atoms with Gasteiger partial charge in [0.25, 0.3) is 0 Å². The Labute approximate surface area is 105 Å². The van der Waals surface area contributed by atoms with E-state index in [1.807, 2.05) is 0 Å². The lowest BCUT2D eigenvalue weighted by atomic mass is 10.1. The number of carbonyl (C=O) groups excluding carboxylic acids is 1. The van der Waals surface area contributed by atoms with Gasteiger partial charge in [-0.3, -0.25) is 14.8 Å². The lowest BCUT2D eigenvalue weighted by Crippen LogP contribution is -2.41. The molecular weight excluding hydrogens is 261 g/mol. The molecule has 9 nitrogen and oxygen atoms in total. The SMILES string of the molecule is N=C(N)NCCCC[C@H](N)C(=O)NCP(=O)(O)O. The van der Waals surface area contributed by atoms with E-state index in [0.717, 1.165) is 0 Å². The van der Waals surface area contributed by atoms with Crippen molar-refractivity contribution in [2.24, 2.45) is 11.5 Å². The number of amides is 1. The summed E-state index contributed by atoms with van der Waals surface area (Å²) in [6.07, 6.45) is 1.03. The third-order valence-corrected chi connectivity index (χ3v) is 2.62. The average molecular weight is 281 g/mol. The Morgan fingerprint density at radius 3 is 2.44 bits per heavy atom. The summed E-state index contributed by atoms with van der Waals surface area (Å²) in [6.45, 7) is 0.520. The molecule has 0 rings (SSSR count). The fourth-order valence-corrected chi connectivity index (χ4v) is 1.52. The van der Waals surface area contributed by atoms with Crippen LogP contribution in [0, 0.1) is 5.41 Å². The second kappa shape index (κ2) is 8.04. The molecule has 0 aliphatic rings. The van der Waals surface area contributed by atoms with E-state index in [0.29, 0.717) is 25.8 Å². The van der Waals surface area contributed by atoms with Gasteiger partial charge in [0.15, 0.2) is 5.96 Å². The van der Waals surface area contributed by atoms with Crippen molar-refractivity contribution < 1.29 is 19.1 Å². The topological polar surface area (TPSA) is 175 Å². The second-order valence-electron chi connectivity index (χ2n) is 3.81. The van der Waals surface area contributed by atoms with Gasteiger partial charge in [-0.2, -0.15) is 0 Å². The van der Waals surface area contributed by atoms with Crippen molar-refractivity contribution in [3.63, 3.8) is 0 Å². The molecule has 0 aromatic heterocycles. The first-order valence-corrected chi connectivity index (χ1v) is 7.18. The maximum atomic E-state index is 11.3. The monoisotopic (exact) mass is 281 g/mol. The van der Waals surface area contributed by atoms with Crippen LogP contribution >= 0.6 is 7.60 Å². The molecule has 10 heteroatoms. The van der Waals surface area contributed by atoms with Gasteiger partial charge in [0.2, 0.25) is 5.91 Å². The van der Waals surface area contributed by atoms with Gasteiger partial charge in [0, 0.05) is 6.54 Å². The Hall–Kier alpha value is -1.15. The lowest BCUT2D eigenvalue weighted by Gasteiger charge is -2.12. The van der Waals surface area contributed by atoms with Crippen molar-refractivity contribution >= 4 is 19.5 Å². The molecular formula is C8H20N5O4P. The number of guanidine groups is 1. The number of rotatable bonds is 8. The van der Waals surface area contributed by atoms with Gasteiger partial charge in [0.1, 0.15) is 6.29 Å². The molecule has 0 radical (unpaired) electrons. The van der Waals surface area contributed by atoms with Gasteiger partial charge in [-0.05, 0) is 19.3 Å². The summed E-state index contributed by atoms with van der Waals surface area (Å²) in [5.41, 5.74) is 10.6. The van der Waals surface area contributed by atoms with Crippen LogP contribution in [0.25, 0.3) is 0 Å². The molecule has 0 aromatic carbocycles. The van der Waals surface area contributed by atoms with Crippen LogP contribution in [0.4, 0.5) is 0 Å². The van der Waals surface area contributed by atoms with E-state index in [-0.39, 0.29) is 5.96 Å². The molecule has 0 bridgehead atoms. The Morgan fingerprint density at radius 2 is 1.94 bits per heavy atom. The molecule has 0 aliphatic carbocycles. The number of hydrogen-bond acceptors (Lipinski definition) is 4. The first-order chi connectivity index (χ1) is 8.22. The molecule has 18 heavy (non-hydrogen) atoms. The summed E-state index contributed by atoms with van der Waals surface area (Å²) >= 11 is 0. The van der Waals surface area contributed by atoms with Crippen LogP contribution < -0.4 is 22.1 Å². The fraction of sp³-hybridized carbons (Fsp3) is 0.750. The van der Waals surface area contributed by atoms with Crippen molar-refractivity contribution in [2.45, 2.75) is 25.3 Å². The normalized spacial score (nSPS) is 12.8. The van der Waals surface area contributed by atoms with Crippen LogP contribution in [0.3, 0.4) is 0 Å². The van der Waals surface area contributed by atoms with Crippen LogP contribution in [0.2, 0.25) is 0 Å². The van der Waals surface area contributed by atoms with Crippen molar-refractivity contribution in [1.29, 1.82) is 5.41 Å². The molecule has 0 unspecified atom stereocenters. The number of carbonyl (C=O) groups is 1. The zero-order valence-electron chi connectivity index (χ0n) is 9.93. The standard InChI is InChI=1S/C8H20N5O4P/c9-6(3-1-2-4-12-8(10)11)7(14)13-5-18(15,16)17/h6H,1-5,9H2,(H,13,14)(H4,10,11,12)(H2,15,16,17)/t6-/m0/s1. The van der Waals surface area contributed by atoms with Crippen molar-refractivity contribution in [3.05, 3.63) is 0 Å². The quantitative estimate of drug-likeness (QED) is 0.119. The molecule has 106 valence electrons. The molecule has 0 aliphatic heterocycles. The average Bonchev–Trinajstić information content (AvgIpc) is 2.23. The third kappa shape index (κ3) is 10.0. The van der Waals surface area contributed by atoms with E-state index in [1.165, 1.54) is 0 Å². The molecule has 0 saturated carbocycles. The summed E-state index contributed by atoms with van der Waals surface area (Å²) in [5, 5.41) is 11.6. The van der Waals surface area contributed by atoms with E-state index in [1.54, 1.807) is 0 Å². The predicted octanol–water partition coefficient (Wildman–Crippen LogP) is -1.78. The third-order valence-electron chi connectivity index (χ3n) is 2.05. The summed E-state index contributed by atoms with van der Waals surface area (Å²) in [4.78, 5) is 28.4. The summed E-state index contributed by atoms with van der Waals surface area (Å²) in [6, 6.07) is -0.797. The van der Waals surface area contributed by atoms with Gasteiger partial charge in [-0.25, -0.2) is 0 Å². The van der Waals surface area contributed by atoms with E-state index in [4.69, 9.17) is 26.7 Å². The largest absolute Gasteiger partial charge is 0.370 e. The van der Waals surface area contributed by atoms with Crippen molar-refractivity contribution in [1.82, 2.24) is 10.6 Å². The minimum Gasteiger partial charge on any atom is -0.370 e. The lowest BCUT2D eigenvalue weighted by molar-refractivity contribution is -0.122. The highest BCUT2D eigenvalue weighted by Crippen LogP contribution is 2.31. The van der Waals surface area contributed by atoms with Gasteiger partial charge in [-0.1, -0.05) is 0 Å². The highest BCUT2D eigenvalue weighted by molar-refractivity contribution is 7.51. The molecule has 0 fully saturated rings. The second-order valence-corrected chi connectivity index (χ2v) is 5.45. The zero-order valence-corrected chi connectivity index (χ0v) is 10.8. The van der Waals surface area contributed by atoms with Gasteiger partial charge >= 0.3 is 7.60 Å². The first-order valence-electron chi connectivity index (χ1n) is 5.38. The number of unbranched alkanes of at least 4 members (excludes halogenated alkanes) is 1. The van der Waals surface area contributed by atoms with Crippen molar-refractivity contribution in [2.75, 3.05) is 12.8 Å². The number of nitrogens with two attached hydrogens (primary N) is 2. The van der Waals surface area contributed by atoms with Crippen LogP contribution in [-0.4, -0.2) is 40.5 Å². The number of hydrogen-bond donors (Lipinski definition) is 7. The first kappa shape index (κ1) is 16.9. The highest BCUT2D eigenvalue weighted by Gasteiger charge is 2.18. The van der Waals surface area contributed by atoms with Crippen LogP contribution in [0.15, 0.2) is 0 Å². The Balaban J connectivity index is 3.68. The molecule has 9 N–H and O–H groups in total. The molecule has 0 heterocycles. The Bertz CT molecular complexity index is 331. The highest BCUT2D eigenvalue weighted by atomic mass is 31.2. The van der Waals surface area contributed by atoms with E-state index < -0.39 is 25.8 Å². The van der Waals surface area contributed by atoms with Crippen molar-refractivity contribution in [3.8, 4) is 0 Å². The van der Waals surface area contributed by atoms with E-state index in [9.17, 15) is 9.36 Å². The summed E-state index contributed by atoms with van der Waals surface area (Å²) < 4.78 is 10.5. The smallest absolute Gasteiger partial charge is 0.344 e. The van der Waals surface area contributed by atoms with Crippen LogP contribution in [-0.2, 0) is 9.36 Å². The predicted molar refractivity (Wildman–Crippen MR) is 66.8 cm³/mol. The fourth-order valence-electron chi connectivity index (χ4n) is 1.16. The molecule has 0 aromatic rings. The minimum absolute atomic E-state index is 0.112. The summed E-state index contributed by atoms with van der Waals surface area (Å²) in [5.74, 6) is -0.698. The van der Waals surface area contributed by atoms with Gasteiger partial charge in [0.05, 0.1) is 6.04 Å². The molecule has 0 saturated heterocycles. The summed E-state index contributed by atoms with van der Waals surface area (Å²) in [7, 11) is -4.24. The molecule has 0 spiro atoms. The van der Waals surface area contributed by atoms with Crippen LogP contribution in [0.1, 0.15) is 19.3 Å². The zero-order chi connectivity index (χ0) is 14.2. The minimum atomic E-state index is -4.24. The van der Waals surface area contributed by atoms with Crippen LogP contribution in [0.5, 0.6) is 0 Å².